The van der Waals surface area contributed by atoms with Crippen LogP contribution in [0.2, 0.25) is 0 Å². The van der Waals surface area contributed by atoms with Gasteiger partial charge in [0, 0.05) is 19.1 Å². The molecule has 0 aromatic carbocycles. The Balaban J connectivity index is 1.84. The molecule has 3 nitrogen and oxygen atoms in total. The molecule has 0 bridgehead atoms. The van der Waals surface area contributed by atoms with Crippen LogP contribution in [0.3, 0.4) is 0 Å². The molecule has 2 rings (SSSR count). The van der Waals surface area contributed by atoms with Crippen LogP contribution in [-0.4, -0.2) is 47.0 Å². The predicted molar refractivity (Wildman–Crippen MR) is 50.4 cm³/mol. The fourth-order valence-electron chi connectivity index (χ4n) is 2.14. The molecule has 1 heterocycles. The molecule has 0 aromatic rings. The minimum absolute atomic E-state index is 0.187. The maximum atomic E-state index is 9.44. The second-order valence-corrected chi connectivity index (χ2v) is 4.45. The number of aliphatic hydroxyl groups excluding tert-OH is 2. The Hall–Kier alpha value is -0.120. The van der Waals surface area contributed by atoms with Gasteiger partial charge in [-0.3, -0.25) is 4.90 Å². The van der Waals surface area contributed by atoms with E-state index >= 15 is 0 Å². The molecule has 1 aliphatic heterocycles. The Bertz CT molecular complexity index is 170. The molecular weight excluding hydrogens is 166 g/mol. The monoisotopic (exact) mass is 185 g/mol. The molecule has 2 unspecified atom stereocenters. The van der Waals surface area contributed by atoms with E-state index in [0.29, 0.717) is 0 Å². The summed E-state index contributed by atoms with van der Waals surface area (Å²) in [5.74, 6) is 0.879. The zero-order valence-electron chi connectivity index (χ0n) is 8.02. The Labute approximate surface area is 79.4 Å². The average Bonchev–Trinajstić information content (AvgIpc) is 2.92. The van der Waals surface area contributed by atoms with Gasteiger partial charge in [0.05, 0.1) is 12.7 Å². The topological polar surface area (TPSA) is 43.7 Å². The van der Waals surface area contributed by atoms with Gasteiger partial charge in [-0.25, -0.2) is 0 Å². The fraction of sp³-hybridized carbons (Fsp3) is 1.00. The van der Waals surface area contributed by atoms with E-state index < -0.39 is 0 Å². The van der Waals surface area contributed by atoms with E-state index in [1.54, 1.807) is 0 Å². The number of piperidine rings is 1. The SMILES string of the molecule is OCC1CC(O)CCN1CC1CC1. The predicted octanol–water partition coefficient (Wildman–Crippen LogP) is 0.214. The number of likely N-dealkylation sites (tertiary alicyclic amines) is 1. The molecule has 0 amide bonds. The van der Waals surface area contributed by atoms with Crippen molar-refractivity contribution in [3.63, 3.8) is 0 Å². The first-order valence-electron chi connectivity index (χ1n) is 5.32. The number of nitrogens with zero attached hydrogens (tertiary/aromatic N) is 1. The summed E-state index contributed by atoms with van der Waals surface area (Å²) in [5.41, 5.74) is 0. The van der Waals surface area contributed by atoms with Gasteiger partial charge in [0.1, 0.15) is 0 Å². The maximum Gasteiger partial charge on any atom is 0.0587 e. The molecule has 1 aliphatic carbocycles. The van der Waals surface area contributed by atoms with Crippen LogP contribution < -0.4 is 0 Å². The summed E-state index contributed by atoms with van der Waals surface area (Å²) in [4.78, 5) is 2.35. The van der Waals surface area contributed by atoms with Crippen LogP contribution in [0.25, 0.3) is 0 Å². The number of hydrogen-bond donors (Lipinski definition) is 2. The Morgan fingerprint density at radius 1 is 1.23 bits per heavy atom. The lowest BCUT2D eigenvalue weighted by atomic mass is 10.00. The summed E-state index contributed by atoms with van der Waals surface area (Å²) < 4.78 is 0. The largest absolute Gasteiger partial charge is 0.395 e. The Morgan fingerprint density at radius 3 is 2.62 bits per heavy atom. The van der Waals surface area contributed by atoms with Gasteiger partial charge in [-0.15, -0.1) is 0 Å². The average molecular weight is 185 g/mol. The molecular formula is C10H19NO2. The molecule has 0 spiro atoms. The first kappa shape index (κ1) is 9.44. The molecule has 13 heavy (non-hydrogen) atoms. The number of aliphatic hydroxyl groups is 2. The van der Waals surface area contributed by atoms with E-state index in [9.17, 15) is 5.11 Å². The zero-order valence-corrected chi connectivity index (χ0v) is 8.02. The van der Waals surface area contributed by atoms with Gasteiger partial charge in [-0.2, -0.15) is 0 Å². The highest BCUT2D eigenvalue weighted by atomic mass is 16.3. The highest BCUT2D eigenvalue weighted by molar-refractivity contribution is 4.85. The van der Waals surface area contributed by atoms with E-state index in [1.165, 1.54) is 12.8 Å². The van der Waals surface area contributed by atoms with Crippen LogP contribution in [0, 0.1) is 5.92 Å². The van der Waals surface area contributed by atoms with Gasteiger partial charge >= 0.3 is 0 Å². The first-order chi connectivity index (χ1) is 6.29. The molecule has 2 aliphatic rings. The minimum Gasteiger partial charge on any atom is -0.395 e. The lowest BCUT2D eigenvalue weighted by molar-refractivity contribution is 0.0149. The lowest BCUT2D eigenvalue weighted by Gasteiger charge is -2.36. The molecule has 3 heteroatoms. The minimum atomic E-state index is -0.187. The van der Waals surface area contributed by atoms with Gasteiger partial charge in [0.15, 0.2) is 0 Å². The van der Waals surface area contributed by atoms with Crippen LogP contribution in [0.5, 0.6) is 0 Å². The van der Waals surface area contributed by atoms with Crippen molar-refractivity contribution >= 4 is 0 Å². The van der Waals surface area contributed by atoms with Crippen molar-refractivity contribution in [1.29, 1.82) is 0 Å². The van der Waals surface area contributed by atoms with Crippen molar-refractivity contribution in [2.75, 3.05) is 19.7 Å². The zero-order chi connectivity index (χ0) is 9.26. The van der Waals surface area contributed by atoms with Crippen molar-refractivity contribution < 1.29 is 10.2 Å². The summed E-state index contributed by atoms with van der Waals surface area (Å²) in [6.45, 7) is 2.30. The number of hydrogen-bond acceptors (Lipinski definition) is 3. The normalized spacial score (nSPS) is 36.5. The second kappa shape index (κ2) is 3.95. The second-order valence-electron chi connectivity index (χ2n) is 4.45. The highest BCUT2D eigenvalue weighted by Gasteiger charge is 2.31. The van der Waals surface area contributed by atoms with Crippen LogP contribution in [0.4, 0.5) is 0 Å². The smallest absolute Gasteiger partial charge is 0.0587 e. The lowest BCUT2D eigenvalue weighted by Crippen LogP contribution is -2.47. The standard InChI is InChI=1S/C10H19NO2/c12-7-9-5-10(13)3-4-11(9)6-8-1-2-8/h8-10,12-13H,1-7H2. The molecule has 2 N–H and O–H groups in total. The van der Waals surface area contributed by atoms with Crippen LogP contribution in [0.1, 0.15) is 25.7 Å². The molecule has 2 fully saturated rings. The van der Waals surface area contributed by atoms with Crippen LogP contribution >= 0.6 is 0 Å². The van der Waals surface area contributed by atoms with E-state index in [2.05, 4.69) is 4.90 Å². The van der Waals surface area contributed by atoms with Crippen molar-refractivity contribution in [2.24, 2.45) is 5.92 Å². The summed E-state index contributed by atoms with van der Waals surface area (Å²) >= 11 is 0. The van der Waals surface area contributed by atoms with Gasteiger partial charge in [-0.1, -0.05) is 0 Å². The van der Waals surface area contributed by atoms with Crippen molar-refractivity contribution in [2.45, 2.75) is 37.8 Å². The third-order valence-electron chi connectivity index (χ3n) is 3.21. The first-order valence-corrected chi connectivity index (χ1v) is 5.32. The quantitative estimate of drug-likeness (QED) is 0.661. The molecule has 0 radical (unpaired) electrons. The van der Waals surface area contributed by atoms with Gasteiger partial charge in [0.2, 0.25) is 0 Å². The Kier molecular flexibility index (Phi) is 2.86. The van der Waals surface area contributed by atoms with Crippen molar-refractivity contribution in [1.82, 2.24) is 4.90 Å². The number of rotatable bonds is 3. The molecule has 76 valence electrons. The van der Waals surface area contributed by atoms with Gasteiger partial charge in [0.25, 0.3) is 0 Å². The van der Waals surface area contributed by atoms with E-state index in [4.69, 9.17) is 5.11 Å². The van der Waals surface area contributed by atoms with E-state index in [-0.39, 0.29) is 18.8 Å². The molecule has 0 aromatic heterocycles. The summed E-state index contributed by atoms with van der Waals surface area (Å²) in [5, 5.41) is 18.6. The van der Waals surface area contributed by atoms with E-state index in [0.717, 1.165) is 31.8 Å². The maximum absolute atomic E-state index is 9.44. The van der Waals surface area contributed by atoms with Gasteiger partial charge in [-0.05, 0) is 31.6 Å². The van der Waals surface area contributed by atoms with Crippen LogP contribution in [0.15, 0.2) is 0 Å². The third kappa shape index (κ3) is 2.42. The summed E-state index contributed by atoms with van der Waals surface area (Å²) in [6, 6.07) is 0.212. The summed E-state index contributed by atoms with van der Waals surface area (Å²) in [6.07, 6.45) is 4.16. The summed E-state index contributed by atoms with van der Waals surface area (Å²) in [7, 11) is 0. The van der Waals surface area contributed by atoms with Crippen molar-refractivity contribution in [3.05, 3.63) is 0 Å². The highest BCUT2D eigenvalue weighted by Crippen LogP contribution is 2.31. The molecule has 2 atom stereocenters. The van der Waals surface area contributed by atoms with Crippen molar-refractivity contribution in [3.8, 4) is 0 Å². The van der Waals surface area contributed by atoms with Gasteiger partial charge < -0.3 is 10.2 Å². The molecule has 1 saturated carbocycles. The fourth-order valence-corrected chi connectivity index (χ4v) is 2.14. The molecule has 1 saturated heterocycles. The third-order valence-corrected chi connectivity index (χ3v) is 3.21. The van der Waals surface area contributed by atoms with Crippen LogP contribution in [-0.2, 0) is 0 Å². The Morgan fingerprint density at radius 2 is 2.00 bits per heavy atom. The van der Waals surface area contributed by atoms with E-state index in [1.807, 2.05) is 0 Å².